The summed E-state index contributed by atoms with van der Waals surface area (Å²) in [7, 11) is 1.75. The van der Waals surface area contributed by atoms with Crippen molar-refractivity contribution < 1.29 is 4.52 Å². The molecular formula is C18H27N5O. The number of nitrogens with zero attached hydrogens (tertiary/aromatic N) is 3. The first-order valence-electron chi connectivity index (χ1n) is 8.27. The van der Waals surface area contributed by atoms with Crippen LogP contribution in [0.5, 0.6) is 0 Å². The second-order valence-corrected chi connectivity index (χ2v) is 6.44. The number of hydrogen-bond acceptors (Lipinski definition) is 4. The van der Waals surface area contributed by atoms with Crippen molar-refractivity contribution in [1.82, 2.24) is 20.8 Å². The standard InChI is InChI=1S/C18H27N5O/c1-6-14-7-9-15(10-8-14)18(3,4)12-21-17(19-5)20-11-16-22-13(2)24-23-16/h7-10H,6,11-12H2,1-5H3,(H2,19,20,21). The van der Waals surface area contributed by atoms with E-state index in [4.69, 9.17) is 4.52 Å². The van der Waals surface area contributed by atoms with E-state index < -0.39 is 0 Å². The van der Waals surface area contributed by atoms with Gasteiger partial charge in [-0.15, -0.1) is 0 Å². The fourth-order valence-electron chi connectivity index (χ4n) is 2.39. The van der Waals surface area contributed by atoms with Crippen molar-refractivity contribution in [3.63, 3.8) is 0 Å². The first kappa shape index (κ1) is 18.0. The van der Waals surface area contributed by atoms with Crippen LogP contribution in [0.2, 0.25) is 0 Å². The van der Waals surface area contributed by atoms with Gasteiger partial charge in [-0.05, 0) is 17.5 Å². The zero-order chi connectivity index (χ0) is 17.6. The summed E-state index contributed by atoms with van der Waals surface area (Å²) < 4.78 is 4.96. The smallest absolute Gasteiger partial charge is 0.223 e. The molecule has 0 radical (unpaired) electrons. The maximum absolute atomic E-state index is 4.96. The van der Waals surface area contributed by atoms with Crippen LogP contribution in [0.4, 0.5) is 0 Å². The average molecular weight is 329 g/mol. The number of rotatable bonds is 6. The molecule has 24 heavy (non-hydrogen) atoms. The van der Waals surface area contributed by atoms with Gasteiger partial charge in [0.25, 0.3) is 0 Å². The third kappa shape index (κ3) is 4.81. The van der Waals surface area contributed by atoms with E-state index >= 15 is 0 Å². The lowest BCUT2D eigenvalue weighted by atomic mass is 9.84. The van der Waals surface area contributed by atoms with Gasteiger partial charge in [-0.25, -0.2) is 0 Å². The van der Waals surface area contributed by atoms with Crippen molar-refractivity contribution in [2.45, 2.75) is 46.1 Å². The van der Waals surface area contributed by atoms with Gasteiger partial charge in [0.2, 0.25) is 5.89 Å². The van der Waals surface area contributed by atoms with Crippen LogP contribution in [0, 0.1) is 6.92 Å². The quantitative estimate of drug-likeness (QED) is 0.629. The summed E-state index contributed by atoms with van der Waals surface area (Å²) in [6.45, 7) is 9.62. The van der Waals surface area contributed by atoms with Crippen molar-refractivity contribution in [3.05, 3.63) is 47.1 Å². The summed E-state index contributed by atoms with van der Waals surface area (Å²) in [6.07, 6.45) is 1.06. The van der Waals surface area contributed by atoms with Crippen LogP contribution in [-0.2, 0) is 18.4 Å². The van der Waals surface area contributed by atoms with Crippen LogP contribution < -0.4 is 10.6 Å². The van der Waals surface area contributed by atoms with Crippen molar-refractivity contribution in [3.8, 4) is 0 Å². The molecule has 1 aromatic heterocycles. The van der Waals surface area contributed by atoms with E-state index in [2.05, 4.69) is 70.8 Å². The molecule has 0 atom stereocenters. The average Bonchev–Trinajstić information content (AvgIpc) is 3.00. The zero-order valence-corrected chi connectivity index (χ0v) is 15.2. The number of aryl methyl sites for hydroxylation is 2. The largest absolute Gasteiger partial charge is 0.356 e. The molecule has 2 N–H and O–H groups in total. The second-order valence-electron chi connectivity index (χ2n) is 6.44. The normalized spacial score (nSPS) is 12.3. The number of benzene rings is 1. The second kappa shape index (κ2) is 7.95. The Labute approximate surface area is 143 Å². The molecule has 2 aromatic rings. The molecule has 0 amide bonds. The van der Waals surface area contributed by atoms with E-state index in [9.17, 15) is 0 Å². The van der Waals surface area contributed by atoms with E-state index in [-0.39, 0.29) is 5.41 Å². The van der Waals surface area contributed by atoms with Gasteiger partial charge in [-0.2, -0.15) is 4.98 Å². The lowest BCUT2D eigenvalue weighted by Gasteiger charge is -2.27. The highest BCUT2D eigenvalue weighted by atomic mass is 16.5. The van der Waals surface area contributed by atoms with E-state index in [1.54, 1.807) is 14.0 Å². The zero-order valence-electron chi connectivity index (χ0n) is 15.2. The Hall–Kier alpha value is -2.37. The molecule has 0 unspecified atom stereocenters. The predicted molar refractivity (Wildman–Crippen MR) is 96.1 cm³/mol. The highest BCUT2D eigenvalue weighted by Crippen LogP contribution is 2.22. The Kier molecular flexibility index (Phi) is 5.95. The molecule has 0 spiro atoms. The summed E-state index contributed by atoms with van der Waals surface area (Å²) in [6, 6.07) is 8.81. The predicted octanol–water partition coefficient (Wildman–Crippen LogP) is 2.58. The van der Waals surface area contributed by atoms with Crippen LogP contribution in [0.3, 0.4) is 0 Å². The van der Waals surface area contributed by atoms with Gasteiger partial charge in [-0.1, -0.05) is 50.2 Å². The van der Waals surface area contributed by atoms with Gasteiger partial charge in [0.05, 0.1) is 6.54 Å². The van der Waals surface area contributed by atoms with Crippen LogP contribution in [0.15, 0.2) is 33.8 Å². The Bertz CT molecular complexity index is 673. The Morgan fingerprint density at radius 3 is 2.46 bits per heavy atom. The fourth-order valence-corrected chi connectivity index (χ4v) is 2.39. The molecule has 0 bridgehead atoms. The minimum Gasteiger partial charge on any atom is -0.356 e. The SMILES string of the molecule is CCc1ccc(C(C)(C)CNC(=NC)NCc2noc(C)n2)cc1. The molecule has 130 valence electrons. The van der Waals surface area contributed by atoms with Gasteiger partial charge in [-0.3, -0.25) is 4.99 Å². The van der Waals surface area contributed by atoms with Gasteiger partial charge < -0.3 is 15.2 Å². The Balaban J connectivity index is 1.90. The third-order valence-electron chi connectivity index (χ3n) is 4.05. The van der Waals surface area contributed by atoms with Crippen LogP contribution in [0.25, 0.3) is 0 Å². The summed E-state index contributed by atoms with van der Waals surface area (Å²) in [5.74, 6) is 1.90. The molecule has 6 nitrogen and oxygen atoms in total. The van der Waals surface area contributed by atoms with Crippen LogP contribution in [-0.4, -0.2) is 29.7 Å². The number of nitrogens with one attached hydrogen (secondary N) is 2. The summed E-state index contributed by atoms with van der Waals surface area (Å²) in [5, 5.41) is 10.4. The molecule has 0 fully saturated rings. The molecule has 0 aliphatic carbocycles. The lowest BCUT2D eigenvalue weighted by molar-refractivity contribution is 0.386. The highest BCUT2D eigenvalue weighted by Gasteiger charge is 2.21. The number of guanidine groups is 1. The Morgan fingerprint density at radius 1 is 1.21 bits per heavy atom. The summed E-state index contributed by atoms with van der Waals surface area (Å²) >= 11 is 0. The molecule has 6 heteroatoms. The minimum atomic E-state index is -0.00732. The van der Waals surface area contributed by atoms with Crippen molar-refractivity contribution in [2.75, 3.05) is 13.6 Å². The molecule has 0 aliphatic rings. The Morgan fingerprint density at radius 2 is 1.92 bits per heavy atom. The van der Waals surface area contributed by atoms with Crippen molar-refractivity contribution in [1.29, 1.82) is 0 Å². The molecule has 0 saturated carbocycles. The molecular weight excluding hydrogens is 302 g/mol. The summed E-state index contributed by atoms with van der Waals surface area (Å²) in [5.41, 5.74) is 2.65. The lowest BCUT2D eigenvalue weighted by Crippen LogP contribution is -2.43. The van der Waals surface area contributed by atoms with E-state index in [1.807, 2.05) is 0 Å². The molecule has 2 rings (SSSR count). The number of aliphatic imine (C=N–C) groups is 1. The summed E-state index contributed by atoms with van der Waals surface area (Å²) in [4.78, 5) is 8.41. The molecule has 1 aromatic carbocycles. The first-order chi connectivity index (χ1) is 11.4. The topological polar surface area (TPSA) is 75.3 Å². The maximum atomic E-state index is 4.96. The van der Waals surface area contributed by atoms with Crippen LogP contribution >= 0.6 is 0 Å². The fraction of sp³-hybridized carbons (Fsp3) is 0.500. The van der Waals surface area contributed by atoms with E-state index in [0.29, 0.717) is 18.3 Å². The molecule has 0 aliphatic heterocycles. The molecule has 0 saturated heterocycles. The van der Waals surface area contributed by atoms with Crippen molar-refractivity contribution in [2.24, 2.45) is 4.99 Å². The molecule has 1 heterocycles. The van der Waals surface area contributed by atoms with Gasteiger partial charge in [0.15, 0.2) is 11.8 Å². The minimum absolute atomic E-state index is 0.00732. The first-order valence-corrected chi connectivity index (χ1v) is 8.27. The number of aromatic nitrogens is 2. The van der Waals surface area contributed by atoms with Crippen LogP contribution in [0.1, 0.15) is 43.6 Å². The monoisotopic (exact) mass is 329 g/mol. The van der Waals surface area contributed by atoms with E-state index in [0.717, 1.165) is 18.9 Å². The van der Waals surface area contributed by atoms with E-state index in [1.165, 1.54) is 11.1 Å². The van der Waals surface area contributed by atoms with Gasteiger partial charge in [0.1, 0.15) is 0 Å². The van der Waals surface area contributed by atoms with Gasteiger partial charge >= 0.3 is 0 Å². The van der Waals surface area contributed by atoms with Crippen molar-refractivity contribution >= 4 is 5.96 Å². The number of hydrogen-bond donors (Lipinski definition) is 2. The highest BCUT2D eigenvalue weighted by molar-refractivity contribution is 5.79. The van der Waals surface area contributed by atoms with Gasteiger partial charge in [0, 0.05) is 25.9 Å². The third-order valence-corrected chi connectivity index (χ3v) is 4.05. The maximum Gasteiger partial charge on any atom is 0.223 e.